The third-order valence-corrected chi connectivity index (χ3v) is 7.47. The van der Waals surface area contributed by atoms with Crippen LogP contribution in [0.25, 0.3) is 0 Å². The van der Waals surface area contributed by atoms with Crippen LogP contribution < -0.4 is 10.9 Å². The zero-order valence-corrected chi connectivity index (χ0v) is 15.2. The molecule has 0 atom stereocenters. The smallest absolute Gasteiger partial charge is 0.253 e. The number of sulfonamides is 1. The van der Waals surface area contributed by atoms with Crippen LogP contribution in [0.2, 0.25) is 0 Å². The molecule has 0 unspecified atom stereocenters. The lowest BCUT2D eigenvalue weighted by atomic mass is 10.2. The molecule has 1 saturated heterocycles. The van der Waals surface area contributed by atoms with Crippen LogP contribution in [-0.2, 0) is 16.6 Å². The van der Waals surface area contributed by atoms with E-state index in [4.69, 9.17) is 0 Å². The summed E-state index contributed by atoms with van der Waals surface area (Å²) in [6.45, 7) is 1.37. The van der Waals surface area contributed by atoms with Crippen molar-refractivity contribution in [1.29, 1.82) is 0 Å². The molecule has 1 aliphatic heterocycles. The van der Waals surface area contributed by atoms with E-state index in [1.54, 1.807) is 12.1 Å². The van der Waals surface area contributed by atoms with E-state index in [-0.39, 0.29) is 18.0 Å². The van der Waals surface area contributed by atoms with Gasteiger partial charge in [-0.2, -0.15) is 4.31 Å². The fourth-order valence-electron chi connectivity index (χ4n) is 2.65. The predicted octanol–water partition coefficient (Wildman–Crippen LogP) is 1.54. The third kappa shape index (κ3) is 4.17. The Morgan fingerprint density at radius 1 is 1.16 bits per heavy atom. The van der Waals surface area contributed by atoms with Crippen molar-refractivity contribution >= 4 is 27.3 Å². The summed E-state index contributed by atoms with van der Waals surface area (Å²) in [6.07, 6.45) is 4.20. The van der Waals surface area contributed by atoms with Gasteiger partial charge in [-0.25, -0.2) is 8.42 Å². The number of carbonyl (C=O) groups excluding carboxylic acids is 1. The second kappa shape index (κ2) is 7.51. The number of H-pyrrole nitrogens is 1. The lowest BCUT2D eigenvalue weighted by Gasteiger charge is -2.25. The lowest BCUT2D eigenvalue weighted by Crippen LogP contribution is -2.35. The SMILES string of the molecule is O=C(NCc1ccc(S(=O)(=O)N2CCCCC2)s1)c1ccc(=O)[nH]c1. The van der Waals surface area contributed by atoms with Gasteiger partial charge in [-0.1, -0.05) is 6.42 Å². The van der Waals surface area contributed by atoms with Crippen LogP contribution in [0.1, 0.15) is 34.5 Å². The molecule has 2 aromatic heterocycles. The molecule has 3 heterocycles. The quantitative estimate of drug-likeness (QED) is 0.821. The number of piperidine rings is 1. The number of nitrogens with zero attached hydrogens (tertiary/aromatic N) is 1. The summed E-state index contributed by atoms with van der Waals surface area (Å²) in [5, 5.41) is 2.72. The van der Waals surface area contributed by atoms with Crippen LogP contribution in [0.5, 0.6) is 0 Å². The first kappa shape index (κ1) is 17.8. The van der Waals surface area contributed by atoms with Crippen molar-refractivity contribution in [3.05, 3.63) is 51.3 Å². The van der Waals surface area contributed by atoms with Crippen molar-refractivity contribution in [2.75, 3.05) is 13.1 Å². The van der Waals surface area contributed by atoms with Crippen LogP contribution in [-0.4, -0.2) is 36.7 Å². The number of hydrogen-bond acceptors (Lipinski definition) is 5. The van der Waals surface area contributed by atoms with E-state index in [0.717, 1.165) is 24.1 Å². The number of pyridine rings is 1. The van der Waals surface area contributed by atoms with Gasteiger partial charge in [-0.3, -0.25) is 9.59 Å². The van der Waals surface area contributed by atoms with E-state index < -0.39 is 10.0 Å². The average Bonchev–Trinajstić information content (AvgIpc) is 3.11. The lowest BCUT2D eigenvalue weighted by molar-refractivity contribution is 0.0951. The van der Waals surface area contributed by atoms with E-state index >= 15 is 0 Å². The van der Waals surface area contributed by atoms with Crippen LogP contribution in [0.3, 0.4) is 0 Å². The first-order valence-corrected chi connectivity index (χ1v) is 10.3. The van der Waals surface area contributed by atoms with Gasteiger partial charge in [-0.15, -0.1) is 11.3 Å². The average molecular weight is 381 g/mol. The van der Waals surface area contributed by atoms with Gasteiger partial charge >= 0.3 is 0 Å². The Morgan fingerprint density at radius 3 is 2.60 bits per heavy atom. The zero-order valence-electron chi connectivity index (χ0n) is 13.5. The Bertz CT molecular complexity index is 891. The maximum absolute atomic E-state index is 12.6. The standard InChI is InChI=1S/C16H19N3O4S2/c20-14-6-4-12(10-17-14)16(21)18-11-13-5-7-15(24-13)25(22,23)19-8-2-1-3-9-19/h4-7,10H,1-3,8-9,11H2,(H,17,20)(H,18,21). The van der Waals surface area contributed by atoms with E-state index in [1.165, 1.54) is 34.0 Å². The molecule has 0 saturated carbocycles. The molecule has 0 aromatic carbocycles. The van der Waals surface area contributed by atoms with Crippen molar-refractivity contribution in [2.45, 2.75) is 30.0 Å². The van der Waals surface area contributed by atoms with Crippen LogP contribution in [0.15, 0.2) is 39.5 Å². The Kier molecular flexibility index (Phi) is 5.36. The molecule has 2 N–H and O–H groups in total. The number of thiophene rings is 1. The van der Waals surface area contributed by atoms with Crippen LogP contribution >= 0.6 is 11.3 Å². The summed E-state index contributed by atoms with van der Waals surface area (Å²) in [6, 6.07) is 6.03. The van der Waals surface area contributed by atoms with Crippen LogP contribution in [0, 0.1) is 0 Å². The van der Waals surface area contributed by atoms with Gasteiger partial charge in [0, 0.05) is 30.2 Å². The summed E-state index contributed by atoms with van der Waals surface area (Å²) >= 11 is 1.17. The molecule has 25 heavy (non-hydrogen) atoms. The Labute approximate surface area is 149 Å². The van der Waals surface area contributed by atoms with E-state index in [2.05, 4.69) is 10.3 Å². The maximum Gasteiger partial charge on any atom is 0.253 e. The molecule has 0 bridgehead atoms. The summed E-state index contributed by atoms with van der Waals surface area (Å²) in [5.41, 5.74) is 0.0692. The van der Waals surface area contributed by atoms with Gasteiger partial charge in [0.1, 0.15) is 4.21 Å². The maximum atomic E-state index is 12.6. The minimum Gasteiger partial charge on any atom is -0.347 e. The predicted molar refractivity (Wildman–Crippen MR) is 95.2 cm³/mol. The van der Waals surface area contributed by atoms with Crippen molar-refractivity contribution in [3.63, 3.8) is 0 Å². The van der Waals surface area contributed by atoms with Gasteiger partial charge in [0.05, 0.1) is 12.1 Å². The van der Waals surface area contributed by atoms with Crippen molar-refractivity contribution < 1.29 is 13.2 Å². The topological polar surface area (TPSA) is 99.3 Å². The Balaban J connectivity index is 1.64. The molecule has 1 aliphatic rings. The second-order valence-corrected chi connectivity index (χ2v) is 9.14. The Morgan fingerprint density at radius 2 is 1.92 bits per heavy atom. The van der Waals surface area contributed by atoms with Crippen molar-refractivity contribution in [2.24, 2.45) is 0 Å². The fourth-order valence-corrected chi connectivity index (χ4v) is 5.61. The monoisotopic (exact) mass is 381 g/mol. The van der Waals surface area contributed by atoms with Gasteiger partial charge in [-0.05, 0) is 31.0 Å². The summed E-state index contributed by atoms with van der Waals surface area (Å²) in [4.78, 5) is 26.2. The molecule has 1 fully saturated rings. The number of carbonyl (C=O) groups is 1. The molecule has 3 rings (SSSR count). The van der Waals surface area contributed by atoms with Gasteiger partial charge in [0.2, 0.25) is 5.56 Å². The molecular weight excluding hydrogens is 362 g/mol. The van der Waals surface area contributed by atoms with Gasteiger partial charge in [0.25, 0.3) is 15.9 Å². The fraction of sp³-hybridized carbons (Fsp3) is 0.375. The molecule has 9 heteroatoms. The molecule has 0 aliphatic carbocycles. The first-order valence-electron chi connectivity index (χ1n) is 8.02. The minimum absolute atomic E-state index is 0.234. The first-order chi connectivity index (χ1) is 12.0. The highest BCUT2D eigenvalue weighted by Gasteiger charge is 2.27. The summed E-state index contributed by atoms with van der Waals surface area (Å²) < 4.78 is 27.1. The number of amides is 1. The molecular formula is C16H19N3O4S2. The van der Waals surface area contributed by atoms with Crippen molar-refractivity contribution in [3.8, 4) is 0 Å². The third-order valence-electron chi connectivity index (χ3n) is 4.02. The second-order valence-electron chi connectivity index (χ2n) is 5.81. The van der Waals surface area contributed by atoms with E-state index in [0.29, 0.717) is 22.9 Å². The van der Waals surface area contributed by atoms with Crippen molar-refractivity contribution in [1.82, 2.24) is 14.6 Å². The highest BCUT2D eigenvalue weighted by Crippen LogP contribution is 2.27. The van der Waals surface area contributed by atoms with E-state index in [1.807, 2.05) is 0 Å². The molecule has 0 radical (unpaired) electrons. The summed E-state index contributed by atoms with van der Waals surface area (Å²) in [5.74, 6) is -0.329. The molecule has 2 aromatic rings. The number of aromatic nitrogens is 1. The highest BCUT2D eigenvalue weighted by molar-refractivity contribution is 7.91. The molecule has 0 spiro atoms. The highest BCUT2D eigenvalue weighted by atomic mass is 32.2. The minimum atomic E-state index is -3.44. The number of hydrogen-bond donors (Lipinski definition) is 2. The molecule has 134 valence electrons. The van der Waals surface area contributed by atoms with E-state index in [9.17, 15) is 18.0 Å². The normalized spacial score (nSPS) is 15.8. The number of nitrogens with one attached hydrogen (secondary N) is 2. The van der Waals surface area contributed by atoms with Crippen LogP contribution in [0.4, 0.5) is 0 Å². The zero-order chi connectivity index (χ0) is 17.9. The summed E-state index contributed by atoms with van der Waals surface area (Å²) in [7, 11) is -3.44. The van der Waals surface area contributed by atoms with Gasteiger partial charge in [0.15, 0.2) is 0 Å². The van der Waals surface area contributed by atoms with Gasteiger partial charge < -0.3 is 10.3 Å². The molecule has 1 amide bonds. The number of aromatic amines is 1. The molecule has 7 nitrogen and oxygen atoms in total. The Hall–Kier alpha value is -1.97. The largest absolute Gasteiger partial charge is 0.347 e. The number of rotatable bonds is 5.